The van der Waals surface area contributed by atoms with Gasteiger partial charge in [-0.3, -0.25) is 0 Å². The summed E-state index contributed by atoms with van der Waals surface area (Å²) >= 11 is 0. The lowest BCUT2D eigenvalue weighted by Gasteiger charge is -2.32. The molecule has 0 radical (unpaired) electrons. The van der Waals surface area contributed by atoms with Gasteiger partial charge in [0.25, 0.3) is 0 Å². The van der Waals surface area contributed by atoms with Crippen molar-refractivity contribution in [3.05, 3.63) is 170 Å². The van der Waals surface area contributed by atoms with Crippen LogP contribution in [0.2, 0.25) is 0 Å². The highest BCUT2D eigenvalue weighted by Gasteiger charge is 2.47. The molecule has 1 fully saturated rings. The quantitative estimate of drug-likeness (QED) is 0.178. The predicted molar refractivity (Wildman–Crippen MR) is 211 cm³/mol. The molecule has 0 aliphatic carbocycles. The molecular formula is C42H28B3N3O3. The number of benzene rings is 7. The molecule has 0 bridgehead atoms. The average Bonchev–Trinajstić information content (AvgIpc) is 3.84. The second kappa shape index (κ2) is 11.3. The molecule has 0 unspecified atom stereocenters. The van der Waals surface area contributed by atoms with Crippen molar-refractivity contribution in [2.45, 2.75) is 0 Å². The summed E-state index contributed by atoms with van der Waals surface area (Å²) in [4.78, 5) is 0. The Kier molecular flexibility index (Phi) is 6.37. The molecule has 3 aromatic heterocycles. The lowest BCUT2D eigenvalue weighted by molar-refractivity contribution is 0.278. The van der Waals surface area contributed by atoms with Crippen LogP contribution in [-0.4, -0.2) is 35.1 Å². The molecule has 7 aromatic carbocycles. The van der Waals surface area contributed by atoms with Crippen LogP contribution in [0.5, 0.6) is 0 Å². The van der Waals surface area contributed by atoms with E-state index in [-0.39, 0.29) is 0 Å². The maximum absolute atomic E-state index is 6.95. The number of hydrogen-bond donors (Lipinski definition) is 0. The largest absolute Gasteiger partial charge is 0.572 e. The van der Waals surface area contributed by atoms with Crippen molar-refractivity contribution in [2.24, 2.45) is 0 Å². The van der Waals surface area contributed by atoms with Crippen LogP contribution in [0, 0.1) is 0 Å². The first kappa shape index (κ1) is 28.8. The molecule has 0 N–H and O–H groups in total. The van der Waals surface area contributed by atoms with Crippen molar-refractivity contribution in [3.63, 3.8) is 0 Å². The van der Waals surface area contributed by atoms with Crippen molar-refractivity contribution in [2.75, 3.05) is 0 Å². The molecule has 4 heterocycles. The minimum Gasteiger partial charge on any atom is -0.428 e. The fourth-order valence-electron chi connectivity index (χ4n) is 8.16. The summed E-state index contributed by atoms with van der Waals surface area (Å²) in [6.07, 6.45) is 0. The molecule has 6 nitrogen and oxygen atoms in total. The zero-order chi connectivity index (χ0) is 33.5. The van der Waals surface area contributed by atoms with E-state index in [0.717, 1.165) is 54.8 Å². The molecule has 0 spiro atoms. The van der Waals surface area contributed by atoms with Crippen molar-refractivity contribution in [3.8, 4) is 5.69 Å². The van der Waals surface area contributed by atoms with Gasteiger partial charge in [-0.15, -0.1) is 0 Å². The van der Waals surface area contributed by atoms with Crippen LogP contribution in [0.25, 0.3) is 71.1 Å². The van der Waals surface area contributed by atoms with Gasteiger partial charge < -0.3 is 27.2 Å². The van der Waals surface area contributed by atoms with E-state index >= 15 is 0 Å². The molecule has 0 atom stereocenters. The Balaban J connectivity index is 1.12. The molecule has 11 rings (SSSR count). The Morgan fingerprint density at radius 2 is 0.725 bits per heavy atom. The Morgan fingerprint density at radius 1 is 0.333 bits per heavy atom. The lowest BCUT2D eigenvalue weighted by atomic mass is 9.72. The first-order valence-electron chi connectivity index (χ1n) is 17.3. The average molecular weight is 655 g/mol. The van der Waals surface area contributed by atoms with E-state index in [1.54, 1.807) is 0 Å². The zero-order valence-electron chi connectivity index (χ0n) is 27.5. The van der Waals surface area contributed by atoms with Crippen LogP contribution in [0.1, 0.15) is 0 Å². The monoisotopic (exact) mass is 655 g/mol. The second-order valence-corrected chi connectivity index (χ2v) is 13.1. The number of para-hydroxylation sites is 5. The van der Waals surface area contributed by atoms with Crippen LogP contribution in [-0.2, 0) is 13.7 Å². The van der Waals surface area contributed by atoms with Gasteiger partial charge in [-0.05, 0) is 54.0 Å². The van der Waals surface area contributed by atoms with E-state index in [2.05, 4.69) is 153 Å². The summed E-state index contributed by atoms with van der Waals surface area (Å²) in [7, 11) is -2.25. The molecule has 10 aromatic rings. The number of nitrogens with zero attached hydrogens (tertiary/aromatic N) is 3. The molecule has 1 aliphatic heterocycles. The van der Waals surface area contributed by atoms with E-state index in [4.69, 9.17) is 13.7 Å². The van der Waals surface area contributed by atoms with Crippen molar-refractivity contribution >= 4 is 92.5 Å². The van der Waals surface area contributed by atoms with Gasteiger partial charge in [0.2, 0.25) is 0 Å². The summed E-state index contributed by atoms with van der Waals surface area (Å²) in [6.45, 7) is 0. The van der Waals surface area contributed by atoms with Gasteiger partial charge in [0.15, 0.2) is 0 Å². The number of rotatable bonds is 4. The third-order valence-electron chi connectivity index (χ3n) is 10.4. The van der Waals surface area contributed by atoms with Crippen molar-refractivity contribution in [1.29, 1.82) is 0 Å². The highest BCUT2D eigenvalue weighted by molar-refractivity contribution is 6.79. The second-order valence-electron chi connectivity index (χ2n) is 13.1. The molecule has 9 heteroatoms. The van der Waals surface area contributed by atoms with E-state index in [1.807, 2.05) is 30.3 Å². The third kappa shape index (κ3) is 4.33. The summed E-state index contributed by atoms with van der Waals surface area (Å²) in [5, 5.41) is 7.01. The normalized spacial score (nSPS) is 13.9. The van der Waals surface area contributed by atoms with Crippen molar-refractivity contribution < 1.29 is 13.7 Å². The summed E-state index contributed by atoms with van der Waals surface area (Å²) in [5.41, 5.74) is 8.48. The Bertz CT molecular complexity index is 2850. The molecule has 1 aliphatic rings. The van der Waals surface area contributed by atoms with Crippen LogP contribution >= 0.6 is 0 Å². The minimum absolute atomic E-state index is 0.678. The molecular weight excluding hydrogens is 627 g/mol. The van der Waals surface area contributed by atoms with Gasteiger partial charge >= 0.3 is 21.6 Å². The third-order valence-corrected chi connectivity index (χ3v) is 10.4. The fourth-order valence-corrected chi connectivity index (χ4v) is 8.16. The molecule has 1 saturated heterocycles. The highest BCUT2D eigenvalue weighted by atomic mass is 16.7. The zero-order valence-corrected chi connectivity index (χ0v) is 27.5. The van der Waals surface area contributed by atoms with Crippen LogP contribution < -0.4 is 5.46 Å². The van der Waals surface area contributed by atoms with Crippen LogP contribution in [0.15, 0.2) is 170 Å². The maximum atomic E-state index is 6.95. The van der Waals surface area contributed by atoms with Gasteiger partial charge in [0.05, 0.1) is 11.0 Å². The van der Waals surface area contributed by atoms with Gasteiger partial charge in [0.1, 0.15) is 0 Å². The van der Waals surface area contributed by atoms with Gasteiger partial charge in [0, 0.05) is 60.1 Å². The number of fused-ring (bicyclic) bond motifs is 9. The lowest BCUT2D eigenvalue weighted by Crippen LogP contribution is -2.58. The number of hydrogen-bond acceptors (Lipinski definition) is 3. The predicted octanol–water partition coefficient (Wildman–Crippen LogP) is 8.82. The van der Waals surface area contributed by atoms with Crippen LogP contribution in [0.4, 0.5) is 0 Å². The van der Waals surface area contributed by atoms with E-state index in [1.165, 1.54) is 21.8 Å². The Hall–Kier alpha value is -5.99. The number of aromatic nitrogens is 3. The smallest absolute Gasteiger partial charge is 0.428 e. The molecule has 0 saturated carbocycles. The highest BCUT2D eigenvalue weighted by Crippen LogP contribution is 2.37. The van der Waals surface area contributed by atoms with Crippen LogP contribution in [0.3, 0.4) is 0 Å². The topological polar surface area (TPSA) is 42.5 Å². The Labute approximate surface area is 294 Å². The van der Waals surface area contributed by atoms with Gasteiger partial charge in [-0.25, -0.2) is 0 Å². The van der Waals surface area contributed by atoms with E-state index in [0.29, 0.717) is 0 Å². The van der Waals surface area contributed by atoms with Gasteiger partial charge in [-0.1, -0.05) is 121 Å². The molecule has 51 heavy (non-hydrogen) atoms. The maximum Gasteiger partial charge on any atom is 0.572 e. The SMILES string of the molecule is c1ccc(B2OB(n3c4ccccc4c4ccccc43)OB(n3c4ccccc4c4cc(-n5c6ccccc6c6ccccc65)ccc43)O2)cc1. The molecule has 0 amide bonds. The van der Waals surface area contributed by atoms with E-state index < -0.39 is 21.6 Å². The Morgan fingerprint density at radius 3 is 1.24 bits per heavy atom. The summed E-state index contributed by atoms with van der Waals surface area (Å²) in [5.74, 6) is 0. The standard InChI is InChI=1S/C42H28B3N3O3/c1-2-14-29(15-3-1)43-49-44(47-39-23-11-6-18-33(39)34-19-7-12-24-40(34)47)51-45(50-43)48-41-25-13-8-20-35(41)36-28-30(26-27-42(36)48)46-37-21-9-4-16-31(37)32-17-5-10-22-38(32)46/h1-28H. The minimum atomic E-state index is -0.796. The van der Waals surface area contributed by atoms with Gasteiger partial charge in [-0.2, -0.15) is 0 Å². The van der Waals surface area contributed by atoms with E-state index in [9.17, 15) is 0 Å². The molecule has 238 valence electrons. The van der Waals surface area contributed by atoms with Crippen molar-refractivity contribution in [1.82, 2.24) is 13.5 Å². The first-order valence-corrected chi connectivity index (χ1v) is 17.3. The summed E-state index contributed by atoms with van der Waals surface area (Å²) < 4.78 is 27.2. The fraction of sp³-hybridized carbons (Fsp3) is 0. The summed E-state index contributed by atoms with van der Waals surface area (Å²) in [6, 6.07) is 59.4. The first-order chi connectivity index (χ1) is 25.3.